The van der Waals surface area contributed by atoms with Gasteiger partial charge in [-0.25, -0.2) is 4.39 Å². The van der Waals surface area contributed by atoms with Gasteiger partial charge >= 0.3 is 0 Å². The summed E-state index contributed by atoms with van der Waals surface area (Å²) in [7, 11) is -3.49. The fraction of sp³-hybridized carbons (Fsp3) is 1.00. The lowest BCUT2D eigenvalue weighted by atomic mass is 10.1. The van der Waals surface area contributed by atoms with Crippen molar-refractivity contribution < 1.29 is 17.0 Å². The molecule has 0 spiro atoms. The van der Waals surface area contributed by atoms with Gasteiger partial charge < -0.3 is 0 Å². The lowest BCUT2D eigenvalue weighted by Gasteiger charge is -2.06. The van der Waals surface area contributed by atoms with E-state index in [2.05, 4.69) is 11.1 Å². The maximum Gasteiger partial charge on any atom is 0.264 e. The van der Waals surface area contributed by atoms with Crippen molar-refractivity contribution in [2.75, 3.05) is 12.9 Å². The summed E-state index contributed by atoms with van der Waals surface area (Å²) >= 11 is 0. The van der Waals surface area contributed by atoms with E-state index in [-0.39, 0.29) is 6.61 Å². The Morgan fingerprint density at radius 2 is 1.93 bits per heavy atom. The summed E-state index contributed by atoms with van der Waals surface area (Å²) < 4.78 is 38.4. The molecule has 0 aromatic rings. The first-order chi connectivity index (χ1) is 6.45. The fourth-order valence-corrected chi connectivity index (χ4v) is 1.47. The van der Waals surface area contributed by atoms with Crippen molar-refractivity contribution in [2.24, 2.45) is 0 Å². The molecule has 1 atom stereocenters. The van der Waals surface area contributed by atoms with Gasteiger partial charge in [0.05, 0.1) is 12.9 Å². The van der Waals surface area contributed by atoms with E-state index in [1.54, 1.807) is 0 Å². The van der Waals surface area contributed by atoms with Crippen LogP contribution in [0.15, 0.2) is 0 Å². The molecule has 0 aromatic carbocycles. The van der Waals surface area contributed by atoms with Crippen LogP contribution < -0.4 is 0 Å². The third kappa shape index (κ3) is 9.92. The van der Waals surface area contributed by atoms with Crippen LogP contribution in [0.4, 0.5) is 4.39 Å². The highest BCUT2D eigenvalue weighted by Gasteiger charge is 2.10. The molecule has 0 amide bonds. The number of unbranched alkanes of at least 4 members (excludes halogenated alkanes) is 3. The number of hydrogen-bond donors (Lipinski definition) is 0. The van der Waals surface area contributed by atoms with E-state index in [4.69, 9.17) is 0 Å². The minimum absolute atomic E-state index is 0.342. The summed E-state index contributed by atoms with van der Waals surface area (Å²) in [5.74, 6) is 0. The zero-order valence-corrected chi connectivity index (χ0v) is 9.65. The molecule has 0 rings (SSSR count). The summed E-state index contributed by atoms with van der Waals surface area (Å²) in [6, 6.07) is 0. The van der Waals surface area contributed by atoms with Gasteiger partial charge in [-0.05, 0) is 6.42 Å². The summed E-state index contributed by atoms with van der Waals surface area (Å²) in [6.07, 6.45) is 4.14. The van der Waals surface area contributed by atoms with Crippen molar-refractivity contribution in [1.29, 1.82) is 0 Å². The van der Waals surface area contributed by atoms with E-state index in [0.717, 1.165) is 31.9 Å². The van der Waals surface area contributed by atoms with Crippen molar-refractivity contribution in [1.82, 2.24) is 0 Å². The average molecular weight is 226 g/mol. The standard InChI is InChI=1S/C9H19FO3S/c1-3-4-5-6-7-9(10)8-13-14(2,11)12/h9H,3-8H2,1-2H3/t9-/m1/s1. The molecule has 0 aromatic heterocycles. The molecule has 0 saturated carbocycles. The molecule has 0 aliphatic carbocycles. The Kier molecular flexibility index (Phi) is 7.09. The average Bonchev–Trinajstić information content (AvgIpc) is 2.08. The molecule has 0 radical (unpaired) electrons. The normalized spacial score (nSPS) is 14.2. The van der Waals surface area contributed by atoms with Crippen molar-refractivity contribution in [3.8, 4) is 0 Å². The second-order valence-electron chi connectivity index (χ2n) is 3.44. The lowest BCUT2D eigenvalue weighted by Crippen LogP contribution is -2.14. The van der Waals surface area contributed by atoms with Gasteiger partial charge in [0.1, 0.15) is 6.17 Å². The summed E-state index contributed by atoms with van der Waals surface area (Å²) in [5, 5.41) is 0. The van der Waals surface area contributed by atoms with E-state index in [1.165, 1.54) is 0 Å². The van der Waals surface area contributed by atoms with Crippen molar-refractivity contribution >= 4 is 10.1 Å². The summed E-state index contributed by atoms with van der Waals surface area (Å²) in [5.41, 5.74) is 0. The third-order valence-electron chi connectivity index (χ3n) is 1.83. The van der Waals surface area contributed by atoms with E-state index >= 15 is 0 Å². The molecule has 0 unspecified atom stereocenters. The van der Waals surface area contributed by atoms with Crippen LogP contribution in [0.3, 0.4) is 0 Å². The number of hydrogen-bond acceptors (Lipinski definition) is 3. The third-order valence-corrected chi connectivity index (χ3v) is 2.40. The van der Waals surface area contributed by atoms with Gasteiger partial charge in [0.2, 0.25) is 0 Å². The molecule has 0 saturated heterocycles. The van der Waals surface area contributed by atoms with E-state index < -0.39 is 16.3 Å². The van der Waals surface area contributed by atoms with E-state index in [0.29, 0.717) is 6.42 Å². The minimum Gasteiger partial charge on any atom is -0.267 e. The van der Waals surface area contributed by atoms with Gasteiger partial charge in [0.25, 0.3) is 10.1 Å². The van der Waals surface area contributed by atoms with Crippen LogP contribution in [0.1, 0.15) is 39.0 Å². The second-order valence-corrected chi connectivity index (χ2v) is 5.08. The Morgan fingerprint density at radius 1 is 1.29 bits per heavy atom. The van der Waals surface area contributed by atoms with Gasteiger partial charge in [-0.1, -0.05) is 32.6 Å². The van der Waals surface area contributed by atoms with Crippen molar-refractivity contribution in [3.63, 3.8) is 0 Å². The van der Waals surface area contributed by atoms with Gasteiger partial charge in [-0.2, -0.15) is 8.42 Å². The van der Waals surface area contributed by atoms with Crippen molar-refractivity contribution in [2.45, 2.75) is 45.2 Å². The van der Waals surface area contributed by atoms with Gasteiger partial charge in [0, 0.05) is 0 Å². The highest BCUT2D eigenvalue weighted by Crippen LogP contribution is 2.09. The highest BCUT2D eigenvalue weighted by atomic mass is 32.2. The van der Waals surface area contributed by atoms with E-state index in [1.807, 2.05) is 0 Å². The molecule has 0 N–H and O–H groups in total. The van der Waals surface area contributed by atoms with Crippen LogP contribution in [0.2, 0.25) is 0 Å². The first-order valence-corrected chi connectivity index (χ1v) is 6.76. The van der Waals surface area contributed by atoms with Crippen LogP contribution in [0, 0.1) is 0 Å². The predicted octanol–water partition coefficient (Wildman–Crippen LogP) is 2.27. The maximum absolute atomic E-state index is 13.0. The quantitative estimate of drug-likeness (QED) is 0.471. The molecule has 0 aliphatic heterocycles. The van der Waals surface area contributed by atoms with Gasteiger partial charge in [-0.3, -0.25) is 4.18 Å². The zero-order chi connectivity index (χ0) is 11.0. The Balaban J connectivity index is 3.42. The van der Waals surface area contributed by atoms with Gasteiger partial charge in [-0.15, -0.1) is 0 Å². The summed E-state index contributed by atoms with van der Waals surface area (Å²) in [4.78, 5) is 0. The minimum atomic E-state index is -3.49. The largest absolute Gasteiger partial charge is 0.267 e. The zero-order valence-electron chi connectivity index (χ0n) is 8.83. The van der Waals surface area contributed by atoms with Crippen molar-refractivity contribution in [3.05, 3.63) is 0 Å². The molecule has 0 aliphatic rings. The van der Waals surface area contributed by atoms with Crippen LogP contribution in [-0.4, -0.2) is 27.5 Å². The molecule has 0 bridgehead atoms. The van der Waals surface area contributed by atoms with Crippen LogP contribution >= 0.6 is 0 Å². The molecular weight excluding hydrogens is 207 g/mol. The summed E-state index contributed by atoms with van der Waals surface area (Å²) in [6.45, 7) is 1.74. The number of rotatable bonds is 8. The number of alkyl halides is 1. The molecule has 86 valence electrons. The molecule has 0 heterocycles. The molecule has 5 heteroatoms. The van der Waals surface area contributed by atoms with Crippen LogP contribution in [0.5, 0.6) is 0 Å². The molecule has 0 fully saturated rings. The topological polar surface area (TPSA) is 43.4 Å². The smallest absolute Gasteiger partial charge is 0.264 e. The highest BCUT2D eigenvalue weighted by molar-refractivity contribution is 7.85. The maximum atomic E-state index is 13.0. The lowest BCUT2D eigenvalue weighted by molar-refractivity contribution is 0.189. The van der Waals surface area contributed by atoms with Gasteiger partial charge in [0.15, 0.2) is 0 Å². The monoisotopic (exact) mass is 226 g/mol. The SMILES string of the molecule is CCCCCC[C@@H](F)COS(C)(=O)=O. The Labute approximate surface area is 85.8 Å². The second kappa shape index (κ2) is 7.17. The predicted molar refractivity (Wildman–Crippen MR) is 54.5 cm³/mol. The Morgan fingerprint density at radius 3 is 2.43 bits per heavy atom. The molecular formula is C9H19FO3S. The number of halogens is 1. The van der Waals surface area contributed by atoms with E-state index in [9.17, 15) is 12.8 Å². The molecule has 14 heavy (non-hydrogen) atoms. The molecule has 3 nitrogen and oxygen atoms in total. The Bertz CT molecular complexity index is 226. The fourth-order valence-electron chi connectivity index (χ4n) is 1.07. The first kappa shape index (κ1) is 13.8. The Hall–Kier alpha value is -0.160. The first-order valence-electron chi connectivity index (χ1n) is 4.94. The van der Waals surface area contributed by atoms with Crippen LogP contribution in [0.25, 0.3) is 0 Å². The van der Waals surface area contributed by atoms with Crippen LogP contribution in [-0.2, 0) is 14.3 Å².